The Bertz CT molecular complexity index is 551. The lowest BCUT2D eigenvalue weighted by Crippen LogP contribution is -2.50. The second-order valence-electron chi connectivity index (χ2n) is 5.54. The summed E-state index contributed by atoms with van der Waals surface area (Å²) in [5, 5.41) is 2.46. The van der Waals surface area contributed by atoms with Crippen LogP contribution in [0.2, 0.25) is 0 Å². The molecule has 118 valence electrons. The molecule has 0 aromatic carbocycles. The lowest BCUT2D eigenvalue weighted by atomic mass is 9.96. The Labute approximate surface area is 123 Å². The number of piperidine rings is 1. The smallest absolute Gasteiger partial charge is 0.311 e. The molecule has 2 aliphatic heterocycles. The maximum absolute atomic E-state index is 12.0. The molecule has 2 heterocycles. The molecule has 1 atom stereocenters. The SMILES string of the molecule is NC(=O)C1CCN(C(=O)C(=O)NC2CCS(=O)(=O)C2)CC1. The van der Waals surface area contributed by atoms with Crippen molar-refractivity contribution in [2.75, 3.05) is 24.6 Å². The van der Waals surface area contributed by atoms with E-state index in [1.807, 2.05) is 0 Å². The van der Waals surface area contributed by atoms with Crippen LogP contribution in [-0.4, -0.2) is 61.7 Å². The minimum Gasteiger partial charge on any atom is -0.369 e. The maximum Gasteiger partial charge on any atom is 0.311 e. The number of amides is 3. The number of nitrogens with two attached hydrogens (primary N) is 1. The van der Waals surface area contributed by atoms with Gasteiger partial charge in [-0.2, -0.15) is 0 Å². The van der Waals surface area contributed by atoms with Crippen LogP contribution in [0.5, 0.6) is 0 Å². The summed E-state index contributed by atoms with van der Waals surface area (Å²) >= 11 is 0. The van der Waals surface area contributed by atoms with Gasteiger partial charge >= 0.3 is 11.8 Å². The highest BCUT2D eigenvalue weighted by Gasteiger charge is 2.33. The second kappa shape index (κ2) is 6.00. The number of rotatable bonds is 2. The summed E-state index contributed by atoms with van der Waals surface area (Å²) in [6.45, 7) is 0.617. The van der Waals surface area contributed by atoms with E-state index in [2.05, 4.69) is 5.32 Å². The van der Waals surface area contributed by atoms with Gasteiger partial charge in [-0.1, -0.05) is 0 Å². The van der Waals surface area contributed by atoms with Crippen molar-refractivity contribution < 1.29 is 22.8 Å². The van der Waals surface area contributed by atoms with Crippen molar-refractivity contribution in [1.82, 2.24) is 10.2 Å². The van der Waals surface area contributed by atoms with Gasteiger partial charge in [0.05, 0.1) is 11.5 Å². The third-order valence-corrected chi connectivity index (χ3v) is 5.71. The Hall–Kier alpha value is -1.64. The zero-order valence-corrected chi connectivity index (χ0v) is 12.4. The lowest BCUT2D eigenvalue weighted by Gasteiger charge is -2.30. The quantitative estimate of drug-likeness (QED) is 0.570. The van der Waals surface area contributed by atoms with Crippen LogP contribution in [0.3, 0.4) is 0 Å². The largest absolute Gasteiger partial charge is 0.369 e. The van der Waals surface area contributed by atoms with E-state index in [9.17, 15) is 22.8 Å². The Kier molecular flexibility index (Phi) is 4.50. The summed E-state index contributed by atoms with van der Waals surface area (Å²) in [4.78, 5) is 36.2. The zero-order valence-electron chi connectivity index (χ0n) is 11.6. The van der Waals surface area contributed by atoms with Gasteiger partial charge < -0.3 is 16.0 Å². The minimum atomic E-state index is -3.10. The first-order chi connectivity index (χ1) is 9.78. The molecule has 0 aromatic heterocycles. The van der Waals surface area contributed by atoms with E-state index in [1.54, 1.807) is 0 Å². The Morgan fingerprint density at radius 3 is 2.19 bits per heavy atom. The van der Waals surface area contributed by atoms with Crippen molar-refractivity contribution in [3.05, 3.63) is 0 Å². The number of nitrogens with zero attached hydrogens (tertiary/aromatic N) is 1. The third kappa shape index (κ3) is 3.93. The molecule has 2 aliphatic rings. The van der Waals surface area contributed by atoms with E-state index in [1.165, 1.54) is 4.90 Å². The topological polar surface area (TPSA) is 127 Å². The zero-order chi connectivity index (χ0) is 15.6. The molecular formula is C12H19N3O5S. The molecule has 2 rings (SSSR count). The maximum atomic E-state index is 12.0. The van der Waals surface area contributed by atoms with Crippen molar-refractivity contribution in [2.24, 2.45) is 11.7 Å². The van der Waals surface area contributed by atoms with Gasteiger partial charge in [0.25, 0.3) is 0 Å². The Morgan fingerprint density at radius 2 is 1.71 bits per heavy atom. The van der Waals surface area contributed by atoms with Gasteiger partial charge in [-0.3, -0.25) is 14.4 Å². The van der Waals surface area contributed by atoms with Crippen molar-refractivity contribution in [1.29, 1.82) is 0 Å². The van der Waals surface area contributed by atoms with Gasteiger partial charge in [0.15, 0.2) is 9.84 Å². The number of nitrogens with one attached hydrogen (secondary N) is 1. The standard InChI is InChI=1S/C12H19N3O5S/c13-10(16)8-1-4-15(5-2-8)12(18)11(17)14-9-3-6-21(19,20)7-9/h8-9H,1-7H2,(H2,13,16)(H,14,17). The van der Waals surface area contributed by atoms with E-state index < -0.39 is 27.7 Å². The number of hydrogen-bond donors (Lipinski definition) is 2. The first kappa shape index (κ1) is 15.7. The van der Waals surface area contributed by atoms with Gasteiger partial charge in [-0.05, 0) is 19.3 Å². The van der Waals surface area contributed by atoms with E-state index in [-0.39, 0.29) is 23.3 Å². The average molecular weight is 317 g/mol. The molecule has 0 spiro atoms. The van der Waals surface area contributed by atoms with Crippen LogP contribution in [0.15, 0.2) is 0 Å². The van der Waals surface area contributed by atoms with E-state index >= 15 is 0 Å². The normalized spacial score (nSPS) is 25.5. The number of sulfone groups is 1. The van der Waals surface area contributed by atoms with Crippen LogP contribution in [-0.2, 0) is 24.2 Å². The van der Waals surface area contributed by atoms with Gasteiger partial charge in [-0.25, -0.2) is 8.42 Å². The Balaban J connectivity index is 1.84. The lowest BCUT2D eigenvalue weighted by molar-refractivity contribution is -0.147. The van der Waals surface area contributed by atoms with Crippen LogP contribution in [0.1, 0.15) is 19.3 Å². The predicted molar refractivity (Wildman–Crippen MR) is 73.7 cm³/mol. The number of carbonyl (C=O) groups is 3. The monoisotopic (exact) mass is 317 g/mol. The van der Waals surface area contributed by atoms with Crippen LogP contribution >= 0.6 is 0 Å². The second-order valence-corrected chi connectivity index (χ2v) is 7.77. The van der Waals surface area contributed by atoms with Gasteiger partial charge in [0.1, 0.15) is 0 Å². The molecule has 0 saturated carbocycles. The number of likely N-dealkylation sites (tertiary alicyclic amines) is 1. The summed E-state index contributed by atoms with van der Waals surface area (Å²) in [6, 6.07) is -0.491. The molecule has 1 unspecified atom stereocenters. The summed E-state index contributed by atoms with van der Waals surface area (Å²) in [7, 11) is -3.10. The highest BCUT2D eigenvalue weighted by molar-refractivity contribution is 7.91. The molecule has 0 aromatic rings. The molecule has 2 saturated heterocycles. The molecule has 8 nitrogen and oxygen atoms in total. The highest BCUT2D eigenvalue weighted by Crippen LogP contribution is 2.17. The van der Waals surface area contributed by atoms with Crippen molar-refractivity contribution in [3.8, 4) is 0 Å². The minimum absolute atomic E-state index is 0.0378. The summed E-state index contributed by atoms with van der Waals surface area (Å²) < 4.78 is 22.6. The van der Waals surface area contributed by atoms with Crippen molar-refractivity contribution in [3.63, 3.8) is 0 Å². The van der Waals surface area contributed by atoms with E-state index in [4.69, 9.17) is 5.73 Å². The fourth-order valence-electron chi connectivity index (χ4n) is 2.67. The highest BCUT2D eigenvalue weighted by atomic mass is 32.2. The van der Waals surface area contributed by atoms with Crippen molar-refractivity contribution >= 4 is 27.6 Å². The van der Waals surface area contributed by atoms with E-state index in [0.29, 0.717) is 32.4 Å². The van der Waals surface area contributed by atoms with Crippen LogP contribution in [0.4, 0.5) is 0 Å². The summed E-state index contributed by atoms with van der Waals surface area (Å²) in [6.07, 6.45) is 1.24. The number of primary amides is 1. The van der Waals surface area contributed by atoms with Gasteiger partial charge in [0, 0.05) is 25.0 Å². The molecule has 0 aliphatic carbocycles. The summed E-state index contributed by atoms with van der Waals surface area (Å²) in [5.41, 5.74) is 5.20. The van der Waals surface area contributed by atoms with Crippen LogP contribution in [0, 0.1) is 5.92 Å². The number of carbonyl (C=O) groups excluding carboxylic acids is 3. The molecule has 0 radical (unpaired) electrons. The van der Waals surface area contributed by atoms with Crippen LogP contribution < -0.4 is 11.1 Å². The van der Waals surface area contributed by atoms with Gasteiger partial charge in [-0.15, -0.1) is 0 Å². The van der Waals surface area contributed by atoms with E-state index in [0.717, 1.165) is 0 Å². The molecule has 2 fully saturated rings. The molecule has 3 amide bonds. The fourth-order valence-corrected chi connectivity index (χ4v) is 4.34. The first-order valence-electron chi connectivity index (χ1n) is 6.88. The molecular weight excluding hydrogens is 298 g/mol. The summed E-state index contributed by atoms with van der Waals surface area (Å²) in [5.74, 6) is -2.18. The average Bonchev–Trinajstić information content (AvgIpc) is 2.77. The van der Waals surface area contributed by atoms with Crippen molar-refractivity contribution in [2.45, 2.75) is 25.3 Å². The third-order valence-electron chi connectivity index (χ3n) is 3.95. The number of hydrogen-bond acceptors (Lipinski definition) is 5. The molecule has 9 heteroatoms. The van der Waals surface area contributed by atoms with Gasteiger partial charge in [0.2, 0.25) is 5.91 Å². The molecule has 21 heavy (non-hydrogen) atoms. The Morgan fingerprint density at radius 1 is 1.10 bits per heavy atom. The first-order valence-corrected chi connectivity index (χ1v) is 8.70. The fraction of sp³-hybridized carbons (Fsp3) is 0.750. The predicted octanol–water partition coefficient (Wildman–Crippen LogP) is -1.99. The molecule has 3 N–H and O–H groups in total. The van der Waals surface area contributed by atoms with Crippen LogP contribution in [0.25, 0.3) is 0 Å². The molecule has 0 bridgehead atoms.